The van der Waals surface area contributed by atoms with Gasteiger partial charge in [-0.1, -0.05) is 6.07 Å². The van der Waals surface area contributed by atoms with Crippen LogP contribution < -0.4 is 5.32 Å². The number of aromatic hydroxyl groups is 1. The molecule has 0 aliphatic carbocycles. The van der Waals surface area contributed by atoms with E-state index >= 15 is 0 Å². The lowest BCUT2D eigenvalue weighted by Gasteiger charge is -2.16. The van der Waals surface area contributed by atoms with E-state index in [1.807, 2.05) is 6.92 Å². The molecule has 0 fully saturated rings. The second kappa shape index (κ2) is 5.34. The molecule has 0 atom stereocenters. The molecule has 1 aromatic rings. The van der Waals surface area contributed by atoms with Crippen molar-refractivity contribution in [3.63, 3.8) is 0 Å². The van der Waals surface area contributed by atoms with Crippen molar-refractivity contribution >= 4 is 11.8 Å². The van der Waals surface area contributed by atoms with Gasteiger partial charge in [0.1, 0.15) is 5.75 Å². The molecule has 2 amide bonds. The number of phenols is 1. The van der Waals surface area contributed by atoms with E-state index in [-0.39, 0.29) is 29.7 Å². The maximum atomic E-state index is 11.9. The summed E-state index contributed by atoms with van der Waals surface area (Å²) in [5.74, 6) is -0.711. The summed E-state index contributed by atoms with van der Waals surface area (Å²) < 4.78 is 0. The van der Waals surface area contributed by atoms with Crippen molar-refractivity contribution in [2.45, 2.75) is 6.92 Å². The lowest BCUT2D eigenvalue weighted by Crippen LogP contribution is -2.36. The summed E-state index contributed by atoms with van der Waals surface area (Å²) in [5, 5.41) is 12.1. The zero-order valence-corrected chi connectivity index (χ0v) is 10.2. The number of nitrogens with zero attached hydrogens (tertiary/aromatic N) is 1. The normalized spacial score (nSPS) is 9.82. The van der Waals surface area contributed by atoms with Crippen LogP contribution in [0.15, 0.2) is 18.2 Å². The maximum Gasteiger partial charge on any atom is 0.257 e. The first-order chi connectivity index (χ1) is 7.95. The average Bonchev–Trinajstić information content (AvgIpc) is 2.28. The Morgan fingerprint density at radius 1 is 1.41 bits per heavy atom. The Morgan fingerprint density at radius 3 is 2.59 bits per heavy atom. The zero-order chi connectivity index (χ0) is 13.0. The van der Waals surface area contributed by atoms with Gasteiger partial charge in [0, 0.05) is 14.1 Å². The van der Waals surface area contributed by atoms with E-state index in [0.29, 0.717) is 0 Å². The van der Waals surface area contributed by atoms with Crippen LogP contribution in [-0.2, 0) is 4.79 Å². The molecule has 0 heterocycles. The van der Waals surface area contributed by atoms with Crippen LogP contribution in [0.2, 0.25) is 0 Å². The van der Waals surface area contributed by atoms with Crippen LogP contribution in [0.4, 0.5) is 0 Å². The molecule has 1 aromatic carbocycles. The highest BCUT2D eigenvalue weighted by Crippen LogP contribution is 2.19. The number of nitrogens with one attached hydrogen (secondary N) is 1. The molecule has 0 aliphatic rings. The van der Waals surface area contributed by atoms with Crippen molar-refractivity contribution < 1.29 is 14.7 Å². The Bertz CT molecular complexity index is 443. The van der Waals surface area contributed by atoms with Crippen LogP contribution >= 0.6 is 0 Å². The molecule has 0 spiro atoms. The van der Waals surface area contributed by atoms with Gasteiger partial charge in [-0.25, -0.2) is 0 Å². The van der Waals surface area contributed by atoms with Crippen molar-refractivity contribution in [1.82, 2.24) is 10.2 Å². The molecule has 0 radical (unpaired) electrons. The lowest BCUT2D eigenvalue weighted by atomic mass is 10.1. The number of amides is 2. The van der Waals surface area contributed by atoms with Gasteiger partial charge < -0.3 is 15.3 Å². The largest absolute Gasteiger partial charge is 0.507 e. The SMILES string of the molecule is CNC(=O)CN(C)C(=O)c1ccc(C)cc1O. The number of aryl methyl sites for hydroxylation is 1. The third-order valence-corrected chi connectivity index (χ3v) is 2.39. The van der Waals surface area contributed by atoms with Gasteiger partial charge >= 0.3 is 0 Å². The van der Waals surface area contributed by atoms with Crippen molar-refractivity contribution in [3.05, 3.63) is 29.3 Å². The quantitative estimate of drug-likeness (QED) is 0.803. The Hall–Kier alpha value is -2.04. The molecular formula is C12H16N2O3. The van der Waals surface area contributed by atoms with Crippen molar-refractivity contribution in [1.29, 1.82) is 0 Å². The zero-order valence-electron chi connectivity index (χ0n) is 10.2. The van der Waals surface area contributed by atoms with Gasteiger partial charge in [-0.2, -0.15) is 0 Å². The van der Waals surface area contributed by atoms with Gasteiger partial charge in [0.15, 0.2) is 0 Å². The standard InChI is InChI=1S/C12H16N2O3/c1-8-4-5-9(10(15)6-8)12(17)14(3)7-11(16)13-2/h4-6,15H,7H2,1-3H3,(H,13,16). The third-order valence-electron chi connectivity index (χ3n) is 2.39. The van der Waals surface area contributed by atoms with Gasteiger partial charge in [-0.05, 0) is 24.6 Å². The van der Waals surface area contributed by atoms with Crippen LogP contribution in [0.3, 0.4) is 0 Å². The van der Waals surface area contributed by atoms with Crippen LogP contribution in [0, 0.1) is 6.92 Å². The Balaban J connectivity index is 2.85. The fourth-order valence-electron chi connectivity index (χ4n) is 1.39. The Kier molecular flexibility index (Phi) is 4.09. The van der Waals surface area contributed by atoms with E-state index in [2.05, 4.69) is 5.32 Å². The van der Waals surface area contributed by atoms with Crippen LogP contribution in [0.25, 0.3) is 0 Å². The minimum Gasteiger partial charge on any atom is -0.507 e. The second-order valence-electron chi connectivity index (χ2n) is 3.85. The van der Waals surface area contributed by atoms with Gasteiger partial charge in [0.05, 0.1) is 12.1 Å². The summed E-state index contributed by atoms with van der Waals surface area (Å²) in [4.78, 5) is 24.3. The average molecular weight is 236 g/mol. The molecule has 0 aliphatic heterocycles. The van der Waals surface area contributed by atoms with E-state index in [1.54, 1.807) is 12.1 Å². The summed E-state index contributed by atoms with van der Waals surface area (Å²) in [5.41, 5.74) is 1.06. The monoisotopic (exact) mass is 236 g/mol. The van der Waals surface area contributed by atoms with Crippen molar-refractivity contribution in [2.75, 3.05) is 20.6 Å². The summed E-state index contributed by atoms with van der Waals surface area (Å²) in [6.07, 6.45) is 0. The number of hydrogen-bond acceptors (Lipinski definition) is 3. The van der Waals surface area contributed by atoms with Gasteiger partial charge in [-0.15, -0.1) is 0 Å². The molecule has 0 unspecified atom stereocenters. The minimum atomic E-state index is -0.383. The van der Waals surface area contributed by atoms with Gasteiger partial charge in [0.25, 0.3) is 5.91 Å². The number of likely N-dealkylation sites (N-methyl/N-ethyl adjacent to an activating group) is 2. The highest BCUT2D eigenvalue weighted by atomic mass is 16.3. The predicted octanol–water partition coefficient (Wildman–Crippen LogP) is 0.519. The third kappa shape index (κ3) is 3.21. The fourth-order valence-corrected chi connectivity index (χ4v) is 1.39. The van der Waals surface area contributed by atoms with Crippen LogP contribution in [-0.4, -0.2) is 42.5 Å². The molecule has 0 saturated carbocycles. The molecular weight excluding hydrogens is 220 g/mol. The van der Waals surface area contributed by atoms with Crippen LogP contribution in [0.5, 0.6) is 5.75 Å². The highest BCUT2D eigenvalue weighted by Gasteiger charge is 2.17. The number of phenolic OH excluding ortho intramolecular Hbond substituents is 1. The molecule has 17 heavy (non-hydrogen) atoms. The topological polar surface area (TPSA) is 69.6 Å². The van der Waals surface area contributed by atoms with Crippen LogP contribution in [0.1, 0.15) is 15.9 Å². The predicted molar refractivity (Wildman–Crippen MR) is 63.9 cm³/mol. The first-order valence-electron chi connectivity index (χ1n) is 5.21. The number of carbonyl (C=O) groups excluding carboxylic acids is 2. The molecule has 92 valence electrons. The molecule has 5 nitrogen and oxygen atoms in total. The highest BCUT2D eigenvalue weighted by molar-refractivity contribution is 5.98. The van der Waals surface area contributed by atoms with E-state index in [0.717, 1.165) is 5.56 Å². The second-order valence-corrected chi connectivity index (χ2v) is 3.85. The van der Waals surface area contributed by atoms with Crippen molar-refractivity contribution in [3.8, 4) is 5.75 Å². The molecule has 2 N–H and O–H groups in total. The molecule has 0 aromatic heterocycles. The summed E-state index contributed by atoms with van der Waals surface area (Å²) in [6, 6.07) is 4.80. The number of benzene rings is 1. The van der Waals surface area contributed by atoms with Gasteiger partial charge in [-0.3, -0.25) is 9.59 Å². The van der Waals surface area contributed by atoms with E-state index in [1.165, 1.54) is 25.1 Å². The van der Waals surface area contributed by atoms with E-state index in [9.17, 15) is 14.7 Å². The van der Waals surface area contributed by atoms with Gasteiger partial charge in [0.2, 0.25) is 5.91 Å². The number of rotatable bonds is 3. The smallest absolute Gasteiger partial charge is 0.257 e. The fraction of sp³-hybridized carbons (Fsp3) is 0.333. The van der Waals surface area contributed by atoms with Crippen molar-refractivity contribution in [2.24, 2.45) is 0 Å². The Morgan fingerprint density at radius 2 is 2.06 bits per heavy atom. The molecule has 0 bridgehead atoms. The summed E-state index contributed by atoms with van der Waals surface area (Å²) >= 11 is 0. The molecule has 0 saturated heterocycles. The van der Waals surface area contributed by atoms with E-state index < -0.39 is 0 Å². The minimum absolute atomic E-state index is 0.0390. The first-order valence-corrected chi connectivity index (χ1v) is 5.21. The Labute approximate surface area is 100 Å². The summed E-state index contributed by atoms with van der Waals surface area (Å²) in [7, 11) is 3.01. The number of carbonyl (C=O) groups is 2. The molecule has 1 rings (SSSR count). The van der Waals surface area contributed by atoms with E-state index in [4.69, 9.17) is 0 Å². The number of hydrogen-bond donors (Lipinski definition) is 2. The maximum absolute atomic E-state index is 11.9. The molecule has 5 heteroatoms. The first kappa shape index (κ1) is 13.0. The lowest BCUT2D eigenvalue weighted by molar-refractivity contribution is -0.121. The summed E-state index contributed by atoms with van der Waals surface area (Å²) in [6.45, 7) is 1.78.